The molecule has 0 aliphatic heterocycles. The van der Waals surface area contributed by atoms with E-state index in [2.05, 4.69) is 0 Å². The molecule has 2 aliphatic carbocycles. The second-order valence-electron chi connectivity index (χ2n) is 4.38. The SMILES string of the molecule is C1CCCC([P]C2CC2)CCC1. The van der Waals surface area contributed by atoms with Crippen molar-refractivity contribution in [3.05, 3.63) is 0 Å². The first kappa shape index (κ1) is 9.00. The highest BCUT2D eigenvalue weighted by molar-refractivity contribution is 7.40. The Labute approximate surface area is 78.3 Å². The van der Waals surface area contributed by atoms with Gasteiger partial charge in [0, 0.05) is 0 Å². The van der Waals surface area contributed by atoms with Gasteiger partial charge in [-0.2, -0.15) is 0 Å². The van der Waals surface area contributed by atoms with E-state index in [0.717, 1.165) is 11.3 Å². The fraction of sp³-hybridized carbons (Fsp3) is 1.00. The normalized spacial score (nSPS) is 29.0. The largest absolute Gasteiger partial charge is 0.0741 e. The topological polar surface area (TPSA) is 0 Å². The summed E-state index contributed by atoms with van der Waals surface area (Å²) in [5.41, 5.74) is 2.23. The molecule has 1 radical (unpaired) electrons. The monoisotopic (exact) mass is 183 g/mol. The van der Waals surface area contributed by atoms with Gasteiger partial charge >= 0.3 is 0 Å². The number of hydrogen-bond acceptors (Lipinski definition) is 0. The van der Waals surface area contributed by atoms with Crippen LogP contribution >= 0.6 is 8.58 Å². The van der Waals surface area contributed by atoms with E-state index in [1.807, 2.05) is 8.58 Å². The van der Waals surface area contributed by atoms with Crippen molar-refractivity contribution >= 4 is 8.58 Å². The molecule has 0 aromatic carbocycles. The van der Waals surface area contributed by atoms with Gasteiger partial charge in [0.2, 0.25) is 0 Å². The number of rotatable bonds is 2. The maximum Gasteiger partial charge on any atom is -0.0167 e. The summed E-state index contributed by atoms with van der Waals surface area (Å²) in [6, 6.07) is 0. The first-order chi connectivity index (χ1) is 5.95. The first-order valence-electron chi connectivity index (χ1n) is 5.65. The van der Waals surface area contributed by atoms with E-state index in [4.69, 9.17) is 0 Å². The molecular formula is C11H20P. The minimum absolute atomic E-state index is 1.10. The second-order valence-corrected chi connectivity index (χ2v) is 6.14. The van der Waals surface area contributed by atoms with Crippen LogP contribution in [0.5, 0.6) is 0 Å². The Morgan fingerprint density at radius 1 is 0.583 bits per heavy atom. The molecule has 69 valence electrons. The zero-order chi connectivity index (χ0) is 8.23. The van der Waals surface area contributed by atoms with Crippen LogP contribution in [0.3, 0.4) is 0 Å². The second kappa shape index (κ2) is 4.61. The predicted octanol–water partition coefficient (Wildman–Crippen LogP) is 4.21. The minimum atomic E-state index is 1.10. The summed E-state index contributed by atoms with van der Waals surface area (Å²) < 4.78 is 0. The van der Waals surface area contributed by atoms with Crippen LogP contribution in [0.25, 0.3) is 0 Å². The maximum absolute atomic E-state index is 1.83. The van der Waals surface area contributed by atoms with Crippen molar-refractivity contribution in [1.29, 1.82) is 0 Å². The van der Waals surface area contributed by atoms with Crippen molar-refractivity contribution in [3.63, 3.8) is 0 Å². The first-order valence-corrected chi connectivity index (χ1v) is 6.68. The molecule has 0 amide bonds. The molecular weight excluding hydrogens is 163 g/mol. The predicted molar refractivity (Wildman–Crippen MR) is 56.0 cm³/mol. The lowest BCUT2D eigenvalue weighted by Gasteiger charge is -2.18. The Balaban J connectivity index is 1.69. The van der Waals surface area contributed by atoms with E-state index in [-0.39, 0.29) is 0 Å². The van der Waals surface area contributed by atoms with Crippen LogP contribution in [-0.4, -0.2) is 11.3 Å². The number of hydrogen-bond donors (Lipinski definition) is 0. The fourth-order valence-electron chi connectivity index (χ4n) is 2.11. The molecule has 2 fully saturated rings. The Morgan fingerprint density at radius 3 is 1.67 bits per heavy atom. The van der Waals surface area contributed by atoms with E-state index in [1.54, 1.807) is 0 Å². The van der Waals surface area contributed by atoms with Crippen LogP contribution in [0.4, 0.5) is 0 Å². The smallest absolute Gasteiger partial charge is 0.0167 e. The van der Waals surface area contributed by atoms with E-state index in [1.165, 1.54) is 57.8 Å². The highest BCUT2D eigenvalue weighted by atomic mass is 31.1. The van der Waals surface area contributed by atoms with Crippen molar-refractivity contribution in [3.8, 4) is 0 Å². The minimum Gasteiger partial charge on any atom is -0.0741 e. The highest BCUT2D eigenvalue weighted by Crippen LogP contribution is 2.45. The van der Waals surface area contributed by atoms with Gasteiger partial charge in [-0.25, -0.2) is 0 Å². The third-order valence-electron chi connectivity index (χ3n) is 3.04. The quantitative estimate of drug-likeness (QED) is 0.562. The van der Waals surface area contributed by atoms with Crippen LogP contribution in [0.15, 0.2) is 0 Å². The molecule has 0 nitrogen and oxygen atoms in total. The molecule has 0 N–H and O–H groups in total. The lowest BCUT2D eigenvalue weighted by molar-refractivity contribution is 0.511. The summed E-state index contributed by atoms with van der Waals surface area (Å²) >= 11 is 0. The molecule has 0 atom stereocenters. The summed E-state index contributed by atoms with van der Waals surface area (Å²) in [6.07, 6.45) is 13.7. The Bertz CT molecular complexity index is 121. The maximum atomic E-state index is 1.83. The van der Waals surface area contributed by atoms with E-state index < -0.39 is 0 Å². The molecule has 2 rings (SSSR count). The molecule has 2 saturated carbocycles. The van der Waals surface area contributed by atoms with Gasteiger partial charge in [-0.05, 0) is 37.0 Å². The molecule has 2 aliphatic rings. The van der Waals surface area contributed by atoms with Gasteiger partial charge in [-0.3, -0.25) is 0 Å². The van der Waals surface area contributed by atoms with Crippen molar-refractivity contribution in [2.45, 2.75) is 69.1 Å². The van der Waals surface area contributed by atoms with Gasteiger partial charge in [0.15, 0.2) is 0 Å². The van der Waals surface area contributed by atoms with E-state index in [9.17, 15) is 0 Å². The molecule has 0 saturated heterocycles. The molecule has 0 spiro atoms. The third-order valence-corrected chi connectivity index (χ3v) is 4.92. The van der Waals surface area contributed by atoms with Gasteiger partial charge in [0.1, 0.15) is 0 Å². The summed E-state index contributed by atoms with van der Waals surface area (Å²) in [5.74, 6) is 0. The Kier molecular flexibility index (Phi) is 3.46. The standard InChI is InChI=1S/C11H20P/c1-2-4-6-10(7-5-3-1)12-11-8-9-11/h10-11H,1-9H2. The molecule has 12 heavy (non-hydrogen) atoms. The lowest BCUT2D eigenvalue weighted by Crippen LogP contribution is -2.04. The average molecular weight is 183 g/mol. The summed E-state index contributed by atoms with van der Waals surface area (Å²) in [7, 11) is 1.83. The molecule has 0 aromatic heterocycles. The van der Waals surface area contributed by atoms with Crippen molar-refractivity contribution < 1.29 is 0 Å². The molecule has 0 heterocycles. The lowest BCUT2D eigenvalue weighted by atomic mass is 10.0. The van der Waals surface area contributed by atoms with Gasteiger partial charge < -0.3 is 0 Å². The zero-order valence-electron chi connectivity index (χ0n) is 7.97. The molecule has 0 bridgehead atoms. The van der Waals surface area contributed by atoms with E-state index >= 15 is 0 Å². The summed E-state index contributed by atoms with van der Waals surface area (Å²) in [5, 5.41) is 0. The van der Waals surface area contributed by atoms with Gasteiger partial charge in [-0.1, -0.05) is 40.7 Å². The highest BCUT2D eigenvalue weighted by Gasteiger charge is 2.25. The molecule has 0 aromatic rings. The Morgan fingerprint density at radius 2 is 1.08 bits per heavy atom. The van der Waals surface area contributed by atoms with Crippen molar-refractivity contribution in [2.24, 2.45) is 0 Å². The Hall–Kier alpha value is 0.430. The van der Waals surface area contributed by atoms with E-state index in [0.29, 0.717) is 0 Å². The summed E-state index contributed by atoms with van der Waals surface area (Å²) in [4.78, 5) is 0. The van der Waals surface area contributed by atoms with Crippen LogP contribution in [0.1, 0.15) is 57.8 Å². The zero-order valence-corrected chi connectivity index (χ0v) is 8.86. The van der Waals surface area contributed by atoms with Gasteiger partial charge in [-0.15, -0.1) is 0 Å². The van der Waals surface area contributed by atoms with Gasteiger partial charge in [0.25, 0.3) is 0 Å². The van der Waals surface area contributed by atoms with Gasteiger partial charge in [0.05, 0.1) is 0 Å². The fourth-order valence-corrected chi connectivity index (χ4v) is 3.81. The average Bonchev–Trinajstić information content (AvgIpc) is 2.78. The van der Waals surface area contributed by atoms with Crippen LogP contribution < -0.4 is 0 Å². The van der Waals surface area contributed by atoms with Crippen LogP contribution in [0.2, 0.25) is 0 Å². The molecule has 1 heteroatoms. The van der Waals surface area contributed by atoms with Crippen LogP contribution in [0, 0.1) is 0 Å². The van der Waals surface area contributed by atoms with Crippen molar-refractivity contribution in [1.82, 2.24) is 0 Å². The van der Waals surface area contributed by atoms with Crippen LogP contribution in [-0.2, 0) is 0 Å². The molecule has 0 unspecified atom stereocenters. The van der Waals surface area contributed by atoms with Crippen molar-refractivity contribution in [2.75, 3.05) is 0 Å². The summed E-state index contributed by atoms with van der Waals surface area (Å²) in [6.45, 7) is 0. The third kappa shape index (κ3) is 3.05.